The fourth-order valence-electron chi connectivity index (χ4n) is 5.74. The van der Waals surface area contributed by atoms with Gasteiger partial charge < -0.3 is 14.5 Å². The molecule has 0 saturated carbocycles. The molecule has 0 aliphatic carbocycles. The van der Waals surface area contributed by atoms with Gasteiger partial charge in [-0.3, -0.25) is 0 Å². The second-order valence-corrected chi connectivity index (χ2v) is 11.7. The van der Waals surface area contributed by atoms with Crippen LogP contribution in [0.15, 0.2) is 55.0 Å². The van der Waals surface area contributed by atoms with Crippen LogP contribution >= 0.6 is 0 Å². The third-order valence-corrected chi connectivity index (χ3v) is 7.73. The number of aromatic nitrogens is 2. The van der Waals surface area contributed by atoms with Crippen molar-refractivity contribution in [1.29, 1.82) is 0 Å². The highest BCUT2D eigenvalue weighted by atomic mass is 19.1. The zero-order chi connectivity index (χ0) is 26.9. The minimum Gasteiger partial charge on any atom is -0.444 e. The maximum absolute atomic E-state index is 14.4. The van der Waals surface area contributed by atoms with E-state index in [-0.39, 0.29) is 17.3 Å². The summed E-state index contributed by atoms with van der Waals surface area (Å²) in [6, 6.07) is 13.3. The average Bonchev–Trinajstić information content (AvgIpc) is 2.87. The molecule has 1 amide bonds. The molecule has 2 fully saturated rings. The molecule has 5 rings (SSSR count). The molecule has 3 heterocycles. The van der Waals surface area contributed by atoms with Crippen molar-refractivity contribution in [2.24, 2.45) is 5.41 Å². The van der Waals surface area contributed by atoms with E-state index >= 15 is 0 Å². The Kier molecular flexibility index (Phi) is 7.12. The molecule has 2 aliphatic rings. The second-order valence-electron chi connectivity index (χ2n) is 11.7. The molecular formula is C31H37FN4O2. The Bertz CT molecular complexity index is 1300. The van der Waals surface area contributed by atoms with Crippen molar-refractivity contribution in [1.82, 2.24) is 14.9 Å². The van der Waals surface area contributed by atoms with Gasteiger partial charge in [-0.05, 0) is 74.4 Å². The molecule has 1 spiro atoms. The number of nitrogens with zero attached hydrogens (tertiary/aromatic N) is 4. The fourth-order valence-corrected chi connectivity index (χ4v) is 5.74. The van der Waals surface area contributed by atoms with Gasteiger partial charge in [0.25, 0.3) is 0 Å². The number of hydrogen-bond donors (Lipinski definition) is 0. The highest BCUT2D eigenvalue weighted by Crippen LogP contribution is 2.42. The second kappa shape index (κ2) is 10.4. The molecular weight excluding hydrogens is 479 g/mol. The van der Waals surface area contributed by atoms with E-state index in [0.717, 1.165) is 73.5 Å². The van der Waals surface area contributed by atoms with Crippen LogP contribution < -0.4 is 4.90 Å². The molecule has 2 saturated heterocycles. The number of piperidine rings is 1. The van der Waals surface area contributed by atoms with Crippen LogP contribution in [0.1, 0.15) is 57.2 Å². The van der Waals surface area contributed by atoms with E-state index in [2.05, 4.69) is 33.9 Å². The van der Waals surface area contributed by atoms with E-state index in [1.807, 2.05) is 50.1 Å². The summed E-state index contributed by atoms with van der Waals surface area (Å²) >= 11 is 0. The topological polar surface area (TPSA) is 58.6 Å². The number of anilines is 1. The number of halogens is 1. The number of carbonyl (C=O) groups excluding carboxylic acids is 1. The lowest BCUT2D eigenvalue weighted by molar-refractivity contribution is -0.0434. The van der Waals surface area contributed by atoms with Crippen LogP contribution in [0.25, 0.3) is 11.1 Å². The van der Waals surface area contributed by atoms with Gasteiger partial charge in [-0.1, -0.05) is 37.3 Å². The molecule has 0 bridgehead atoms. The zero-order valence-electron chi connectivity index (χ0n) is 22.8. The Balaban J connectivity index is 1.31. The van der Waals surface area contributed by atoms with Gasteiger partial charge >= 0.3 is 6.09 Å². The Labute approximate surface area is 224 Å². The van der Waals surface area contributed by atoms with Crippen LogP contribution in [0.2, 0.25) is 0 Å². The normalized spacial score (nSPS) is 16.9. The molecule has 1 aromatic heterocycles. The SMILES string of the molecule is CCc1ccccc1-c1cc(F)ccc1Cc1cncnc1N1CCC2(CC1)CN(C(=O)OC(C)(C)C)C2. The predicted octanol–water partition coefficient (Wildman–Crippen LogP) is 6.27. The van der Waals surface area contributed by atoms with Crippen LogP contribution in [0.4, 0.5) is 15.0 Å². The summed E-state index contributed by atoms with van der Waals surface area (Å²) in [5.74, 6) is 0.707. The molecule has 2 aromatic carbocycles. The van der Waals surface area contributed by atoms with Crippen LogP contribution in [-0.4, -0.2) is 52.7 Å². The van der Waals surface area contributed by atoms with Gasteiger partial charge in [-0.15, -0.1) is 0 Å². The molecule has 200 valence electrons. The number of likely N-dealkylation sites (tertiary alicyclic amines) is 1. The quantitative estimate of drug-likeness (QED) is 0.400. The van der Waals surface area contributed by atoms with Crippen LogP contribution in [0, 0.1) is 11.2 Å². The Morgan fingerprint density at radius 1 is 1.03 bits per heavy atom. The first kappa shape index (κ1) is 26.1. The van der Waals surface area contributed by atoms with Gasteiger partial charge in [0.05, 0.1) is 0 Å². The van der Waals surface area contributed by atoms with Gasteiger partial charge in [0.15, 0.2) is 0 Å². The Morgan fingerprint density at radius 3 is 2.47 bits per heavy atom. The molecule has 0 unspecified atom stereocenters. The molecule has 0 N–H and O–H groups in total. The molecule has 6 nitrogen and oxygen atoms in total. The standard InChI is InChI=1S/C31H37FN4O2/c1-5-22-8-6-7-9-26(22)27-17-25(32)11-10-23(27)16-24-18-33-21-34-28(24)35-14-12-31(13-15-35)19-36(20-31)29(37)38-30(2,3)4/h6-11,17-18,21H,5,12-16,19-20H2,1-4H3. The zero-order valence-corrected chi connectivity index (χ0v) is 22.8. The monoisotopic (exact) mass is 516 g/mol. The van der Waals surface area contributed by atoms with Crippen LogP contribution in [-0.2, 0) is 17.6 Å². The first-order valence-corrected chi connectivity index (χ1v) is 13.5. The number of aryl methyl sites for hydroxylation is 1. The largest absolute Gasteiger partial charge is 0.444 e. The Morgan fingerprint density at radius 2 is 1.76 bits per heavy atom. The van der Waals surface area contributed by atoms with E-state index in [9.17, 15) is 9.18 Å². The first-order valence-electron chi connectivity index (χ1n) is 13.5. The molecule has 0 atom stereocenters. The highest BCUT2D eigenvalue weighted by Gasteiger charge is 2.48. The minimum absolute atomic E-state index is 0.161. The van der Waals surface area contributed by atoms with Crippen molar-refractivity contribution in [3.63, 3.8) is 0 Å². The Hall–Kier alpha value is -3.48. The summed E-state index contributed by atoms with van der Waals surface area (Å²) in [5, 5.41) is 0. The van der Waals surface area contributed by atoms with E-state index in [1.165, 1.54) is 11.6 Å². The first-order chi connectivity index (χ1) is 18.2. The number of hydrogen-bond acceptors (Lipinski definition) is 5. The summed E-state index contributed by atoms with van der Waals surface area (Å²) in [6.45, 7) is 11.1. The fraction of sp³-hybridized carbons (Fsp3) is 0.452. The molecule has 0 radical (unpaired) electrons. The predicted molar refractivity (Wildman–Crippen MR) is 148 cm³/mol. The molecule has 3 aromatic rings. The summed E-state index contributed by atoms with van der Waals surface area (Å²) < 4.78 is 19.9. The highest BCUT2D eigenvalue weighted by molar-refractivity contribution is 5.72. The van der Waals surface area contributed by atoms with Crippen LogP contribution in [0.5, 0.6) is 0 Å². The number of amides is 1. The van der Waals surface area contributed by atoms with Gasteiger partial charge in [-0.25, -0.2) is 19.2 Å². The number of ether oxygens (including phenoxy) is 1. The van der Waals surface area contributed by atoms with E-state index in [4.69, 9.17) is 4.74 Å². The van der Waals surface area contributed by atoms with Crippen molar-refractivity contribution < 1.29 is 13.9 Å². The maximum atomic E-state index is 14.4. The van der Waals surface area contributed by atoms with Crippen LogP contribution in [0.3, 0.4) is 0 Å². The number of rotatable bonds is 5. The van der Waals surface area contributed by atoms with Gasteiger partial charge in [0, 0.05) is 49.8 Å². The van der Waals surface area contributed by atoms with E-state index < -0.39 is 5.60 Å². The van der Waals surface area contributed by atoms with Crippen molar-refractivity contribution in [2.75, 3.05) is 31.1 Å². The maximum Gasteiger partial charge on any atom is 0.410 e. The van der Waals surface area contributed by atoms with Gasteiger partial charge in [0.2, 0.25) is 0 Å². The third kappa shape index (κ3) is 5.52. The summed E-state index contributed by atoms with van der Waals surface area (Å²) in [5.41, 5.74) is 4.97. The van der Waals surface area contributed by atoms with E-state index in [1.54, 1.807) is 12.4 Å². The van der Waals surface area contributed by atoms with Gasteiger partial charge in [0.1, 0.15) is 23.6 Å². The lowest BCUT2D eigenvalue weighted by atomic mass is 9.72. The minimum atomic E-state index is -0.477. The summed E-state index contributed by atoms with van der Waals surface area (Å²) in [4.78, 5) is 25.6. The lowest BCUT2D eigenvalue weighted by Crippen LogP contribution is -2.62. The van der Waals surface area contributed by atoms with Crippen molar-refractivity contribution >= 4 is 11.9 Å². The van der Waals surface area contributed by atoms with Gasteiger partial charge in [-0.2, -0.15) is 0 Å². The smallest absolute Gasteiger partial charge is 0.410 e. The van der Waals surface area contributed by atoms with Crippen molar-refractivity contribution in [2.45, 2.75) is 59.0 Å². The number of benzene rings is 2. The van der Waals surface area contributed by atoms with E-state index in [0.29, 0.717) is 6.42 Å². The molecule has 2 aliphatic heterocycles. The lowest BCUT2D eigenvalue weighted by Gasteiger charge is -2.53. The van der Waals surface area contributed by atoms with Crippen molar-refractivity contribution in [3.05, 3.63) is 77.5 Å². The third-order valence-electron chi connectivity index (χ3n) is 7.73. The van der Waals surface area contributed by atoms with Crippen molar-refractivity contribution in [3.8, 4) is 11.1 Å². The molecule has 38 heavy (non-hydrogen) atoms. The summed E-state index contributed by atoms with van der Waals surface area (Å²) in [6.07, 6.45) is 6.78. The molecule has 7 heteroatoms. The summed E-state index contributed by atoms with van der Waals surface area (Å²) in [7, 11) is 0. The average molecular weight is 517 g/mol. The number of carbonyl (C=O) groups is 1.